The standard InChI is InChI=1S/C15H23N3O2/c1-12(2)9-15-5-3-7-17(15)11-13(10-15)20-14(19)18-8-4-6-16-18/h4,6,8,12-13H,3,5,7,9-11H2,1-2H3/t13-,15-/m1/s1. The number of carbonyl (C=O) groups is 1. The summed E-state index contributed by atoms with van der Waals surface area (Å²) in [6.07, 6.45) is 7.54. The van der Waals surface area contributed by atoms with Gasteiger partial charge in [0.25, 0.3) is 0 Å². The van der Waals surface area contributed by atoms with Gasteiger partial charge in [-0.05, 0) is 37.8 Å². The number of rotatable bonds is 3. The molecule has 0 saturated carbocycles. The maximum atomic E-state index is 12.0. The van der Waals surface area contributed by atoms with Crippen LogP contribution in [0.4, 0.5) is 4.79 Å². The average Bonchev–Trinajstić information content (AvgIpc) is 3.02. The smallest absolute Gasteiger partial charge is 0.434 e. The molecule has 0 aromatic carbocycles. The van der Waals surface area contributed by atoms with Crippen molar-refractivity contribution >= 4 is 6.09 Å². The minimum atomic E-state index is -0.360. The second-order valence-corrected chi connectivity index (χ2v) is 6.53. The molecule has 0 N–H and O–H groups in total. The van der Waals surface area contributed by atoms with Gasteiger partial charge in [0.15, 0.2) is 0 Å². The Labute approximate surface area is 119 Å². The molecule has 3 rings (SSSR count). The molecule has 0 amide bonds. The molecule has 0 spiro atoms. The second kappa shape index (κ2) is 5.20. The lowest BCUT2D eigenvalue weighted by Crippen LogP contribution is -2.39. The Morgan fingerprint density at radius 2 is 2.40 bits per heavy atom. The monoisotopic (exact) mass is 277 g/mol. The second-order valence-electron chi connectivity index (χ2n) is 6.53. The lowest BCUT2D eigenvalue weighted by molar-refractivity contribution is 0.0982. The minimum Gasteiger partial charge on any atom is -0.443 e. The van der Waals surface area contributed by atoms with E-state index in [1.165, 1.54) is 23.9 Å². The number of hydrogen-bond donors (Lipinski definition) is 0. The van der Waals surface area contributed by atoms with Gasteiger partial charge >= 0.3 is 6.09 Å². The van der Waals surface area contributed by atoms with E-state index in [4.69, 9.17) is 4.74 Å². The van der Waals surface area contributed by atoms with Crippen molar-refractivity contribution in [3.05, 3.63) is 18.5 Å². The number of nitrogens with zero attached hydrogens (tertiary/aromatic N) is 3. The molecule has 1 aromatic rings. The van der Waals surface area contributed by atoms with Gasteiger partial charge in [0.1, 0.15) is 6.10 Å². The van der Waals surface area contributed by atoms with E-state index >= 15 is 0 Å². The van der Waals surface area contributed by atoms with Crippen molar-refractivity contribution in [3.63, 3.8) is 0 Å². The SMILES string of the molecule is CC(C)C[C@@]12CCCN1C[C@H](OC(=O)n1cccn1)C2. The zero-order valence-electron chi connectivity index (χ0n) is 12.3. The third-order valence-corrected chi connectivity index (χ3v) is 4.52. The number of ether oxygens (including phenoxy) is 1. The van der Waals surface area contributed by atoms with Gasteiger partial charge in [0.05, 0.1) is 0 Å². The Morgan fingerprint density at radius 3 is 3.10 bits per heavy atom. The molecule has 0 bridgehead atoms. The molecule has 2 fully saturated rings. The normalized spacial score (nSPS) is 29.9. The Bertz CT molecular complexity index is 471. The molecule has 2 atom stereocenters. The summed E-state index contributed by atoms with van der Waals surface area (Å²) >= 11 is 0. The molecule has 2 aliphatic rings. The summed E-state index contributed by atoms with van der Waals surface area (Å²) in [5.41, 5.74) is 0.267. The van der Waals surface area contributed by atoms with E-state index in [1.807, 2.05) is 0 Å². The highest BCUT2D eigenvalue weighted by Crippen LogP contribution is 2.44. The highest BCUT2D eigenvalue weighted by atomic mass is 16.6. The molecule has 5 nitrogen and oxygen atoms in total. The molecule has 0 unspecified atom stereocenters. The van der Waals surface area contributed by atoms with Crippen LogP contribution in [0.3, 0.4) is 0 Å². The molecule has 3 heterocycles. The summed E-state index contributed by atoms with van der Waals surface area (Å²) < 4.78 is 6.88. The first-order chi connectivity index (χ1) is 9.59. The molecule has 5 heteroatoms. The fourth-order valence-corrected chi connectivity index (χ4v) is 3.97. The van der Waals surface area contributed by atoms with Crippen LogP contribution in [-0.4, -0.2) is 45.5 Å². The fraction of sp³-hybridized carbons (Fsp3) is 0.733. The predicted octanol–water partition coefficient (Wildman–Crippen LogP) is 2.52. The first-order valence-corrected chi connectivity index (χ1v) is 7.55. The maximum absolute atomic E-state index is 12.0. The zero-order chi connectivity index (χ0) is 14.2. The van der Waals surface area contributed by atoms with Crippen molar-refractivity contribution in [3.8, 4) is 0 Å². The van der Waals surface area contributed by atoms with E-state index < -0.39 is 0 Å². The van der Waals surface area contributed by atoms with Gasteiger partial charge in [0, 0.05) is 30.9 Å². The zero-order valence-corrected chi connectivity index (χ0v) is 12.3. The number of hydrogen-bond acceptors (Lipinski definition) is 4. The molecule has 0 radical (unpaired) electrons. The minimum absolute atomic E-state index is 0.00532. The predicted molar refractivity (Wildman–Crippen MR) is 75.5 cm³/mol. The van der Waals surface area contributed by atoms with Crippen LogP contribution in [0.25, 0.3) is 0 Å². The van der Waals surface area contributed by atoms with Crippen molar-refractivity contribution in [1.29, 1.82) is 0 Å². The van der Waals surface area contributed by atoms with Crippen LogP contribution in [0.2, 0.25) is 0 Å². The Kier molecular flexibility index (Phi) is 3.54. The van der Waals surface area contributed by atoms with Crippen LogP contribution in [0.1, 0.15) is 39.5 Å². The largest absolute Gasteiger partial charge is 0.443 e. The number of fused-ring (bicyclic) bond motifs is 1. The number of carbonyl (C=O) groups excluding carboxylic acids is 1. The van der Waals surface area contributed by atoms with Crippen molar-refractivity contribution in [1.82, 2.24) is 14.7 Å². The highest BCUT2D eigenvalue weighted by Gasteiger charge is 2.49. The summed E-state index contributed by atoms with van der Waals surface area (Å²) in [6, 6.07) is 1.73. The van der Waals surface area contributed by atoms with Crippen LogP contribution in [-0.2, 0) is 4.74 Å². The fourth-order valence-electron chi connectivity index (χ4n) is 3.97. The van der Waals surface area contributed by atoms with Gasteiger partial charge in [-0.3, -0.25) is 4.90 Å². The summed E-state index contributed by atoms with van der Waals surface area (Å²) in [6.45, 7) is 6.56. The van der Waals surface area contributed by atoms with E-state index in [0.29, 0.717) is 5.92 Å². The van der Waals surface area contributed by atoms with E-state index in [2.05, 4.69) is 23.8 Å². The quantitative estimate of drug-likeness (QED) is 0.851. The van der Waals surface area contributed by atoms with Crippen molar-refractivity contribution in [2.24, 2.45) is 5.92 Å². The molecule has 0 aliphatic carbocycles. The van der Waals surface area contributed by atoms with Gasteiger partial charge in [-0.2, -0.15) is 9.78 Å². The first-order valence-electron chi connectivity index (χ1n) is 7.55. The third-order valence-electron chi connectivity index (χ3n) is 4.52. The summed E-state index contributed by atoms with van der Waals surface area (Å²) in [4.78, 5) is 14.5. The lowest BCUT2D eigenvalue weighted by Gasteiger charge is -2.33. The molecule has 1 aromatic heterocycles. The average molecular weight is 277 g/mol. The van der Waals surface area contributed by atoms with Crippen LogP contribution >= 0.6 is 0 Å². The van der Waals surface area contributed by atoms with Crippen molar-refractivity contribution < 1.29 is 9.53 Å². The van der Waals surface area contributed by atoms with E-state index in [0.717, 1.165) is 19.5 Å². The summed E-state index contributed by atoms with van der Waals surface area (Å²) in [5, 5.41) is 3.92. The van der Waals surface area contributed by atoms with Gasteiger partial charge in [0.2, 0.25) is 0 Å². The van der Waals surface area contributed by atoms with Crippen molar-refractivity contribution in [2.75, 3.05) is 13.1 Å². The molecule has 20 heavy (non-hydrogen) atoms. The Hall–Kier alpha value is -1.36. The summed E-state index contributed by atoms with van der Waals surface area (Å²) in [5.74, 6) is 0.677. The molecule has 2 aliphatic heterocycles. The first kappa shape index (κ1) is 13.6. The van der Waals surface area contributed by atoms with Crippen LogP contribution in [0.15, 0.2) is 18.5 Å². The van der Waals surface area contributed by atoms with Gasteiger partial charge in [-0.1, -0.05) is 13.8 Å². The molecular formula is C15H23N3O2. The molecule has 110 valence electrons. The van der Waals surface area contributed by atoms with Crippen LogP contribution in [0, 0.1) is 5.92 Å². The van der Waals surface area contributed by atoms with E-state index in [-0.39, 0.29) is 17.7 Å². The van der Waals surface area contributed by atoms with Crippen LogP contribution in [0.5, 0.6) is 0 Å². The Morgan fingerprint density at radius 1 is 1.55 bits per heavy atom. The molecule has 2 saturated heterocycles. The van der Waals surface area contributed by atoms with E-state index in [9.17, 15) is 4.79 Å². The third kappa shape index (κ3) is 2.46. The topological polar surface area (TPSA) is 47.4 Å². The van der Waals surface area contributed by atoms with Crippen LogP contribution < -0.4 is 0 Å². The Balaban J connectivity index is 1.65. The van der Waals surface area contributed by atoms with Gasteiger partial charge in [-0.15, -0.1) is 0 Å². The van der Waals surface area contributed by atoms with Crippen molar-refractivity contribution in [2.45, 2.75) is 51.2 Å². The molecular weight excluding hydrogens is 254 g/mol. The number of aromatic nitrogens is 2. The van der Waals surface area contributed by atoms with Gasteiger partial charge in [-0.25, -0.2) is 4.79 Å². The highest BCUT2D eigenvalue weighted by molar-refractivity contribution is 5.69. The van der Waals surface area contributed by atoms with Gasteiger partial charge < -0.3 is 4.74 Å². The maximum Gasteiger partial charge on any atom is 0.434 e. The summed E-state index contributed by atoms with van der Waals surface area (Å²) in [7, 11) is 0. The van der Waals surface area contributed by atoms with E-state index in [1.54, 1.807) is 18.5 Å². The lowest BCUT2D eigenvalue weighted by atomic mass is 9.85.